The summed E-state index contributed by atoms with van der Waals surface area (Å²) in [5.41, 5.74) is 2.22. The highest BCUT2D eigenvalue weighted by Gasteiger charge is 2.39. The monoisotopic (exact) mass is 439 g/mol. The lowest BCUT2D eigenvalue weighted by Crippen LogP contribution is -2.28. The molecule has 2 aromatic heterocycles. The van der Waals surface area contributed by atoms with Crippen LogP contribution in [-0.4, -0.2) is 48.1 Å². The highest BCUT2D eigenvalue weighted by atomic mass is 32.1. The third-order valence-corrected chi connectivity index (χ3v) is 6.54. The summed E-state index contributed by atoms with van der Waals surface area (Å²) >= 11 is 1.56. The number of rotatable bonds is 5. The lowest BCUT2D eigenvalue weighted by Gasteiger charge is -2.19. The summed E-state index contributed by atoms with van der Waals surface area (Å²) in [6, 6.07) is 9.25. The van der Waals surface area contributed by atoms with E-state index < -0.39 is 0 Å². The van der Waals surface area contributed by atoms with E-state index in [1.807, 2.05) is 41.5 Å². The average molecular weight is 440 g/mol. The summed E-state index contributed by atoms with van der Waals surface area (Å²) < 4.78 is 10.9. The Morgan fingerprint density at radius 3 is 2.48 bits per heavy atom. The van der Waals surface area contributed by atoms with Crippen molar-refractivity contribution < 1.29 is 14.3 Å². The van der Waals surface area contributed by atoms with Crippen LogP contribution < -0.4 is 15.0 Å². The van der Waals surface area contributed by atoms with E-state index >= 15 is 0 Å². The van der Waals surface area contributed by atoms with Crippen LogP contribution >= 0.6 is 11.3 Å². The van der Waals surface area contributed by atoms with Crippen LogP contribution in [0.5, 0.6) is 11.5 Å². The van der Waals surface area contributed by atoms with E-state index in [9.17, 15) is 9.59 Å². The van der Waals surface area contributed by atoms with Crippen molar-refractivity contribution in [2.24, 2.45) is 0 Å². The Bertz CT molecular complexity index is 1170. The van der Waals surface area contributed by atoms with Gasteiger partial charge in [-0.1, -0.05) is 6.07 Å². The molecule has 7 nitrogen and oxygen atoms in total. The molecule has 1 fully saturated rings. The molecule has 1 saturated heterocycles. The van der Waals surface area contributed by atoms with Crippen molar-refractivity contribution >= 4 is 17.2 Å². The van der Waals surface area contributed by atoms with Crippen LogP contribution in [0, 0.1) is 13.8 Å². The molecule has 0 saturated carbocycles. The molecular weight excluding hydrogens is 414 g/mol. The van der Waals surface area contributed by atoms with E-state index in [-0.39, 0.29) is 23.3 Å². The molecule has 162 valence electrons. The van der Waals surface area contributed by atoms with E-state index in [0.29, 0.717) is 41.7 Å². The normalized spacial score (nSPS) is 18.3. The third-order valence-electron chi connectivity index (χ3n) is 5.68. The van der Waals surface area contributed by atoms with E-state index in [1.165, 1.54) is 6.07 Å². The van der Waals surface area contributed by atoms with Crippen molar-refractivity contribution in [1.29, 1.82) is 0 Å². The largest absolute Gasteiger partial charge is 0.493 e. The van der Waals surface area contributed by atoms with Crippen LogP contribution in [0.2, 0.25) is 0 Å². The van der Waals surface area contributed by atoms with Gasteiger partial charge in [0, 0.05) is 41.2 Å². The van der Waals surface area contributed by atoms with Crippen LogP contribution in [0.4, 0.5) is 0 Å². The maximum Gasteiger partial charge on any atom is 0.254 e. The number of hydrogen-bond donors (Lipinski definition) is 1. The first-order valence-electron chi connectivity index (χ1n) is 10.0. The molecule has 0 radical (unpaired) electrons. The lowest BCUT2D eigenvalue weighted by molar-refractivity contribution is 0.0789. The molecule has 8 heteroatoms. The van der Waals surface area contributed by atoms with E-state index in [2.05, 4.69) is 9.97 Å². The lowest BCUT2D eigenvalue weighted by atomic mass is 9.86. The van der Waals surface area contributed by atoms with Crippen molar-refractivity contribution in [2.75, 3.05) is 27.3 Å². The summed E-state index contributed by atoms with van der Waals surface area (Å²) in [5.74, 6) is 1.70. The predicted octanol–water partition coefficient (Wildman–Crippen LogP) is 3.49. The number of likely N-dealkylation sites (tertiary alicyclic amines) is 1. The molecule has 1 aliphatic heterocycles. The second kappa shape index (κ2) is 8.55. The van der Waals surface area contributed by atoms with Gasteiger partial charge in [0.2, 0.25) is 0 Å². The van der Waals surface area contributed by atoms with E-state index in [4.69, 9.17) is 9.47 Å². The van der Waals surface area contributed by atoms with Crippen molar-refractivity contribution in [2.45, 2.75) is 25.7 Å². The Labute approximate surface area is 184 Å². The minimum Gasteiger partial charge on any atom is -0.493 e. The van der Waals surface area contributed by atoms with Gasteiger partial charge in [-0.15, -0.1) is 11.3 Å². The number of nitrogens with zero attached hydrogens (tertiary/aromatic N) is 2. The zero-order valence-electron chi connectivity index (χ0n) is 18.0. The smallest absolute Gasteiger partial charge is 0.254 e. The number of thiophene rings is 1. The standard InChI is InChI=1S/C23H25N3O4S/c1-13-7-16(12-31-13)23(28)26-10-17(15-5-6-20(29-3)21(8-15)30-4)18(11-26)19-9-22(27)25-14(2)24-19/h5-9,12,17-18H,10-11H2,1-4H3,(H,24,25,27)/t17-,18+/m0/s1. The highest BCUT2D eigenvalue weighted by Crippen LogP contribution is 2.42. The van der Waals surface area contributed by atoms with Gasteiger partial charge in [0.05, 0.1) is 25.5 Å². The maximum atomic E-state index is 13.2. The van der Waals surface area contributed by atoms with Gasteiger partial charge in [0.15, 0.2) is 11.5 Å². The van der Waals surface area contributed by atoms with Crippen LogP contribution in [0.1, 0.15) is 44.2 Å². The summed E-state index contributed by atoms with van der Waals surface area (Å²) in [5, 5.41) is 1.89. The molecule has 4 rings (SSSR count). The van der Waals surface area contributed by atoms with Crippen molar-refractivity contribution in [3.05, 3.63) is 73.6 Å². The van der Waals surface area contributed by atoms with Crippen LogP contribution in [0.3, 0.4) is 0 Å². The zero-order valence-corrected chi connectivity index (χ0v) is 18.8. The minimum absolute atomic E-state index is 0.00103. The number of aromatic nitrogens is 2. The molecule has 1 N–H and O–H groups in total. The zero-order chi connectivity index (χ0) is 22.1. The summed E-state index contributed by atoms with van der Waals surface area (Å²) in [6.07, 6.45) is 0. The molecule has 0 unspecified atom stereocenters. The highest BCUT2D eigenvalue weighted by molar-refractivity contribution is 7.10. The number of carbonyl (C=O) groups is 1. The fraction of sp³-hybridized carbons (Fsp3) is 0.348. The number of methoxy groups -OCH3 is 2. The molecule has 0 aliphatic carbocycles. The molecule has 31 heavy (non-hydrogen) atoms. The van der Waals surface area contributed by atoms with E-state index in [0.717, 1.165) is 10.4 Å². The molecule has 3 aromatic rings. The summed E-state index contributed by atoms with van der Waals surface area (Å²) in [4.78, 5) is 35.5. The number of H-pyrrole nitrogens is 1. The topological polar surface area (TPSA) is 84.5 Å². The third kappa shape index (κ3) is 4.20. The molecule has 2 atom stereocenters. The number of ether oxygens (including phenoxy) is 2. The number of nitrogens with one attached hydrogen (secondary N) is 1. The first kappa shape index (κ1) is 21.1. The minimum atomic E-state index is -0.188. The molecule has 0 spiro atoms. The second-order valence-corrected chi connectivity index (χ2v) is 8.85. The van der Waals surface area contributed by atoms with Gasteiger partial charge in [-0.3, -0.25) is 9.59 Å². The summed E-state index contributed by atoms with van der Waals surface area (Å²) in [6.45, 7) is 4.77. The van der Waals surface area contributed by atoms with Gasteiger partial charge in [0.25, 0.3) is 11.5 Å². The van der Waals surface area contributed by atoms with Crippen molar-refractivity contribution in [3.8, 4) is 11.5 Å². The Hall–Kier alpha value is -3.13. The number of aryl methyl sites for hydroxylation is 2. The van der Waals surface area contributed by atoms with Crippen LogP contribution in [-0.2, 0) is 0 Å². The van der Waals surface area contributed by atoms with Gasteiger partial charge in [0.1, 0.15) is 5.82 Å². The molecule has 0 bridgehead atoms. The number of aromatic amines is 1. The van der Waals surface area contributed by atoms with Gasteiger partial charge < -0.3 is 19.4 Å². The molecular formula is C23H25N3O4S. The first-order valence-corrected chi connectivity index (χ1v) is 10.9. The Kier molecular flexibility index (Phi) is 5.82. The molecule has 1 aromatic carbocycles. The van der Waals surface area contributed by atoms with Crippen LogP contribution in [0.15, 0.2) is 40.5 Å². The fourth-order valence-electron chi connectivity index (χ4n) is 4.22. The number of carbonyl (C=O) groups excluding carboxylic acids is 1. The number of hydrogen-bond acceptors (Lipinski definition) is 6. The van der Waals surface area contributed by atoms with Crippen LogP contribution in [0.25, 0.3) is 0 Å². The molecule has 3 heterocycles. The maximum absolute atomic E-state index is 13.2. The quantitative estimate of drug-likeness (QED) is 0.658. The van der Waals surface area contributed by atoms with E-state index in [1.54, 1.807) is 32.5 Å². The number of amides is 1. The Morgan fingerprint density at radius 1 is 1.10 bits per heavy atom. The van der Waals surface area contributed by atoms with Crippen molar-refractivity contribution in [1.82, 2.24) is 14.9 Å². The van der Waals surface area contributed by atoms with Gasteiger partial charge in [-0.25, -0.2) is 4.98 Å². The number of benzene rings is 1. The molecule has 1 amide bonds. The van der Waals surface area contributed by atoms with Gasteiger partial charge in [-0.05, 0) is 37.6 Å². The second-order valence-electron chi connectivity index (χ2n) is 7.74. The van der Waals surface area contributed by atoms with Gasteiger partial charge in [-0.2, -0.15) is 0 Å². The summed E-state index contributed by atoms with van der Waals surface area (Å²) in [7, 11) is 3.20. The predicted molar refractivity (Wildman–Crippen MR) is 120 cm³/mol. The first-order chi connectivity index (χ1) is 14.9. The SMILES string of the molecule is COc1ccc([C@@H]2CN(C(=O)c3csc(C)c3)C[C@H]2c2cc(=O)[nH]c(C)n2)cc1OC. The molecule has 1 aliphatic rings. The fourth-order valence-corrected chi connectivity index (χ4v) is 4.90. The van der Waals surface area contributed by atoms with Crippen molar-refractivity contribution in [3.63, 3.8) is 0 Å². The van der Waals surface area contributed by atoms with Gasteiger partial charge >= 0.3 is 0 Å². The Morgan fingerprint density at radius 2 is 1.84 bits per heavy atom. The average Bonchev–Trinajstić information content (AvgIpc) is 3.39. The Balaban J connectivity index is 1.74.